The largest absolute Gasteiger partial charge is 0.707 e. The highest BCUT2D eigenvalue weighted by Crippen LogP contribution is 1.70. The van der Waals surface area contributed by atoms with Gasteiger partial charge in [-0.25, -0.2) is 0 Å². The number of hydrogen-bond acceptors (Lipinski definition) is 2. The summed E-state index contributed by atoms with van der Waals surface area (Å²) in [5.74, 6) is 0. The van der Waals surface area contributed by atoms with E-state index < -0.39 is 6.16 Å². The molecular weight excluding hydrogens is 104 g/mol. The number of carbonyl (C=O) groups is 1. The first kappa shape index (κ1) is 5.45. The fraction of sp³-hybridized carbons (Fsp3) is 0. The van der Waals surface area contributed by atoms with Crippen LogP contribution in [0.5, 0.6) is 0 Å². The van der Waals surface area contributed by atoms with Gasteiger partial charge in [-0.05, 0) is 0 Å². The first-order valence-corrected chi connectivity index (χ1v) is 1.41. The van der Waals surface area contributed by atoms with Gasteiger partial charge in [-0.1, -0.05) is 0 Å². The Morgan fingerprint density at radius 3 is 2.17 bits per heavy atom. The monoisotopic (exact) mass is 105 g/mol. The van der Waals surface area contributed by atoms with Crippen LogP contribution >= 0.6 is 0 Å². The lowest BCUT2D eigenvalue weighted by atomic mass is 11.4. The molecule has 0 rings (SSSR count). The van der Waals surface area contributed by atoms with Crippen LogP contribution in [0, 0.1) is 0 Å². The molecule has 6 heavy (non-hydrogen) atoms. The molecule has 0 bridgehead atoms. The van der Waals surface area contributed by atoms with Crippen LogP contribution in [0.2, 0.25) is 0 Å². The van der Waals surface area contributed by atoms with Gasteiger partial charge in [0.25, 0.3) is 0 Å². The summed E-state index contributed by atoms with van der Waals surface area (Å²) in [4.78, 5) is 9.23. The Kier molecular flexibility index (Phi) is 1.62. The van der Waals surface area contributed by atoms with Crippen LogP contribution in [0.25, 0.3) is 0 Å². The Morgan fingerprint density at radius 1 is 2.00 bits per heavy atom. The van der Waals surface area contributed by atoms with Gasteiger partial charge in [-0.15, -0.1) is 0 Å². The topological polar surface area (TPSA) is 63.1 Å². The molecule has 0 aromatic rings. The number of rotatable bonds is 0. The average Bonchev–Trinajstić information content (AvgIpc) is 1.36. The lowest BCUT2D eigenvalue weighted by molar-refractivity contribution is -0.705. The fourth-order valence-electron chi connectivity index (χ4n) is 0. The molecular formula is CHO4Si. The summed E-state index contributed by atoms with van der Waals surface area (Å²) in [7, 11) is 2.08. The van der Waals surface area contributed by atoms with Gasteiger partial charge < -0.3 is 14.6 Å². The van der Waals surface area contributed by atoms with Crippen LogP contribution in [-0.4, -0.2) is 21.7 Å². The molecule has 0 aromatic carbocycles. The van der Waals surface area contributed by atoms with Gasteiger partial charge in [0, 0.05) is 4.79 Å². The van der Waals surface area contributed by atoms with Gasteiger partial charge >= 0.3 is 16.6 Å². The third kappa shape index (κ3) is 1.74. The second-order valence-electron chi connectivity index (χ2n) is 0.535. The number of carboxylic acid groups (broad SMARTS) is 1. The predicted octanol–water partition coefficient (Wildman–Crippen LogP) is -1.42. The molecule has 0 unspecified atom stereocenters. The van der Waals surface area contributed by atoms with E-state index in [1.807, 2.05) is 0 Å². The van der Waals surface area contributed by atoms with Crippen LogP contribution in [0.15, 0.2) is 0 Å². The van der Waals surface area contributed by atoms with Gasteiger partial charge in [-0.3, -0.25) is 0 Å². The van der Waals surface area contributed by atoms with E-state index in [4.69, 9.17) is 5.11 Å². The van der Waals surface area contributed by atoms with Gasteiger partial charge in [0.1, 0.15) is 0 Å². The summed E-state index contributed by atoms with van der Waals surface area (Å²) >= 11 is 0. The lowest BCUT2D eigenvalue weighted by Crippen LogP contribution is -2.28. The summed E-state index contributed by atoms with van der Waals surface area (Å²) in [6.07, 6.45) is -1.63. The van der Waals surface area contributed by atoms with Crippen molar-refractivity contribution in [2.75, 3.05) is 0 Å². The van der Waals surface area contributed by atoms with Crippen molar-refractivity contribution in [3.8, 4) is 0 Å². The number of hydrogen-bond donors (Lipinski definition) is 1. The van der Waals surface area contributed by atoms with Crippen molar-refractivity contribution in [3.05, 3.63) is 0 Å². The second-order valence-corrected chi connectivity index (χ2v) is 0.905. The quantitative estimate of drug-likeness (QED) is 0.178. The van der Waals surface area contributed by atoms with Crippen molar-refractivity contribution in [1.29, 1.82) is 0 Å². The Balaban J connectivity index is 3.26. The summed E-state index contributed by atoms with van der Waals surface area (Å²) in [6, 6.07) is 0. The fourth-order valence-corrected chi connectivity index (χ4v) is 0. The molecule has 0 aliphatic heterocycles. The van der Waals surface area contributed by atoms with E-state index >= 15 is 0 Å². The van der Waals surface area contributed by atoms with E-state index in [-0.39, 0.29) is 0 Å². The summed E-state index contributed by atoms with van der Waals surface area (Å²) in [5.41, 5.74) is 0. The van der Waals surface area contributed by atoms with Crippen LogP contribution < -0.4 is 5.26 Å². The van der Waals surface area contributed by atoms with Crippen LogP contribution in [-0.2, 0) is 4.21 Å². The highest BCUT2D eigenvalue weighted by molar-refractivity contribution is 6.04. The van der Waals surface area contributed by atoms with E-state index in [9.17, 15) is 10.1 Å². The predicted molar refractivity (Wildman–Crippen MR) is 14.9 cm³/mol. The molecule has 0 amide bonds. The normalized spacial score (nSPS) is 7.67. The molecule has 0 aliphatic carbocycles. The van der Waals surface area contributed by atoms with Crippen LogP contribution in [0.4, 0.5) is 4.79 Å². The molecule has 3 radical (unpaired) electrons. The molecule has 0 saturated heterocycles. The zero-order chi connectivity index (χ0) is 5.15. The van der Waals surface area contributed by atoms with Gasteiger partial charge in [0.05, 0.1) is 0 Å². The van der Waals surface area contributed by atoms with Crippen LogP contribution in [0.3, 0.4) is 0 Å². The maximum absolute atomic E-state index is 9.29. The molecule has 0 saturated carbocycles. The van der Waals surface area contributed by atoms with Crippen molar-refractivity contribution < 1.29 is 19.4 Å². The Bertz CT molecular complexity index is 58.6. The van der Waals surface area contributed by atoms with Gasteiger partial charge in [0.2, 0.25) is 0 Å². The Labute approximate surface area is 37.1 Å². The highest BCUT2D eigenvalue weighted by Gasteiger charge is 2.01. The highest BCUT2D eigenvalue weighted by atomic mass is 28.2. The zero-order valence-corrected chi connectivity index (χ0v) is 3.67. The summed E-state index contributed by atoms with van der Waals surface area (Å²) in [6.45, 7) is 0. The van der Waals surface area contributed by atoms with Gasteiger partial charge in [0.15, 0.2) is 0 Å². The SMILES string of the molecule is O=C(O)[O+]([O-])[Si]. The summed E-state index contributed by atoms with van der Waals surface area (Å²) in [5, 5.41) is 16.8. The average molecular weight is 105 g/mol. The minimum atomic E-state index is -1.63. The zero-order valence-electron chi connectivity index (χ0n) is 2.67. The van der Waals surface area contributed by atoms with Crippen molar-refractivity contribution in [2.45, 2.75) is 0 Å². The maximum Gasteiger partial charge on any atom is 0.707 e. The maximum atomic E-state index is 9.29. The molecule has 0 aromatic heterocycles. The third-order valence-corrected chi connectivity index (χ3v) is 0.333. The van der Waals surface area contributed by atoms with Crippen molar-refractivity contribution in [3.63, 3.8) is 0 Å². The minimum Gasteiger partial charge on any atom is -0.650 e. The molecule has 0 atom stereocenters. The third-order valence-electron chi connectivity index (χ3n) is 0.159. The van der Waals surface area contributed by atoms with E-state index in [1.165, 1.54) is 0 Å². The van der Waals surface area contributed by atoms with Crippen molar-refractivity contribution in [2.24, 2.45) is 0 Å². The van der Waals surface area contributed by atoms with Gasteiger partial charge in [-0.2, -0.15) is 0 Å². The molecule has 0 spiro atoms. The minimum absolute atomic E-state index is 0.296. The molecule has 0 aliphatic rings. The Morgan fingerprint density at radius 2 is 2.17 bits per heavy atom. The van der Waals surface area contributed by atoms with Crippen molar-refractivity contribution >= 4 is 16.6 Å². The molecule has 33 valence electrons. The van der Waals surface area contributed by atoms with E-state index in [0.29, 0.717) is 4.21 Å². The standard InChI is InChI=1S/CHO4Si/c2-1(3)5(4)6/h(H,2,3). The van der Waals surface area contributed by atoms with E-state index in [2.05, 4.69) is 10.5 Å². The summed E-state index contributed by atoms with van der Waals surface area (Å²) < 4.78 is 0.296. The first-order valence-electron chi connectivity index (χ1n) is 1.00. The van der Waals surface area contributed by atoms with Crippen LogP contribution in [0.1, 0.15) is 0 Å². The molecule has 1 N–H and O–H groups in total. The Hall–Kier alpha value is -0.553. The van der Waals surface area contributed by atoms with E-state index in [1.54, 1.807) is 0 Å². The lowest BCUT2D eigenvalue weighted by Gasteiger charge is -2.15. The smallest absolute Gasteiger partial charge is 0.650 e. The van der Waals surface area contributed by atoms with Crippen molar-refractivity contribution in [1.82, 2.24) is 0 Å². The molecule has 5 heteroatoms. The first-order chi connectivity index (χ1) is 2.64. The second kappa shape index (κ2) is 1.78. The van der Waals surface area contributed by atoms with E-state index in [0.717, 1.165) is 0 Å². The molecule has 4 nitrogen and oxygen atoms in total. The molecule has 0 heterocycles. The molecule has 0 fully saturated rings.